The minimum absolute atomic E-state index is 0.0222. The first-order valence-electron chi connectivity index (χ1n) is 9.41. The summed E-state index contributed by atoms with van der Waals surface area (Å²) in [4.78, 5) is 0. The van der Waals surface area contributed by atoms with Crippen molar-refractivity contribution >= 4 is 22.4 Å². The Morgan fingerprint density at radius 3 is 2.30 bits per heavy atom. The molecule has 30 heavy (non-hydrogen) atoms. The fourth-order valence-electron chi connectivity index (χ4n) is 2.86. The maximum Gasteiger partial charge on any atom is 0.172 e. The van der Waals surface area contributed by atoms with Crippen molar-refractivity contribution in [3.8, 4) is 11.5 Å². The first-order chi connectivity index (χ1) is 14.5. The van der Waals surface area contributed by atoms with Crippen LogP contribution in [0, 0.1) is 5.82 Å². The van der Waals surface area contributed by atoms with Gasteiger partial charge in [-0.2, -0.15) is 0 Å². The molecule has 5 heteroatoms. The van der Waals surface area contributed by atoms with Crippen molar-refractivity contribution in [1.29, 1.82) is 0 Å². The highest BCUT2D eigenvalue weighted by atomic mass is 19.2. The van der Waals surface area contributed by atoms with E-state index in [2.05, 4.69) is 6.58 Å². The molecule has 2 nitrogen and oxygen atoms in total. The van der Waals surface area contributed by atoms with Crippen molar-refractivity contribution in [2.75, 3.05) is 13.2 Å². The lowest BCUT2D eigenvalue weighted by Crippen LogP contribution is -1.96. The van der Waals surface area contributed by atoms with Crippen molar-refractivity contribution in [2.24, 2.45) is 0 Å². The quantitative estimate of drug-likeness (QED) is 0.287. The van der Waals surface area contributed by atoms with E-state index in [4.69, 9.17) is 9.47 Å². The Bertz CT molecular complexity index is 1100. The Morgan fingerprint density at radius 1 is 0.900 bits per heavy atom. The molecule has 0 bridgehead atoms. The van der Waals surface area contributed by atoms with Crippen LogP contribution in [0.2, 0.25) is 0 Å². The van der Waals surface area contributed by atoms with E-state index < -0.39 is 17.5 Å². The van der Waals surface area contributed by atoms with Gasteiger partial charge in [0.05, 0.1) is 0 Å². The van der Waals surface area contributed by atoms with Crippen LogP contribution in [0.3, 0.4) is 0 Å². The van der Waals surface area contributed by atoms with Gasteiger partial charge in [-0.3, -0.25) is 0 Å². The maximum absolute atomic E-state index is 14.8. The van der Waals surface area contributed by atoms with Crippen LogP contribution in [0.1, 0.15) is 18.1 Å². The van der Waals surface area contributed by atoms with Gasteiger partial charge in [0.2, 0.25) is 0 Å². The highest BCUT2D eigenvalue weighted by Gasteiger charge is 2.14. The molecule has 0 amide bonds. The lowest BCUT2D eigenvalue weighted by molar-refractivity contribution is 0.343. The van der Waals surface area contributed by atoms with Gasteiger partial charge in [-0.15, -0.1) is 0 Å². The number of rotatable bonds is 8. The maximum atomic E-state index is 14.8. The Kier molecular flexibility index (Phi) is 6.96. The molecule has 0 saturated carbocycles. The number of ether oxygens (including phenoxy) is 2. The monoisotopic (exact) mass is 410 g/mol. The zero-order valence-electron chi connectivity index (χ0n) is 16.5. The van der Waals surface area contributed by atoms with Gasteiger partial charge in [0.25, 0.3) is 0 Å². The van der Waals surface area contributed by atoms with Crippen molar-refractivity contribution in [1.82, 2.24) is 0 Å². The van der Waals surface area contributed by atoms with Crippen LogP contribution in [0.5, 0.6) is 11.5 Å². The zero-order chi connectivity index (χ0) is 21.5. The third-order valence-electron chi connectivity index (χ3n) is 4.41. The highest BCUT2D eigenvalue weighted by Crippen LogP contribution is 2.33. The lowest BCUT2D eigenvalue weighted by Gasteiger charge is -2.09. The average molecular weight is 410 g/mol. The van der Waals surface area contributed by atoms with Gasteiger partial charge in [-0.05, 0) is 48.7 Å². The molecular formula is C25H21F3O2. The molecule has 154 valence electrons. The van der Waals surface area contributed by atoms with Crippen LogP contribution >= 0.6 is 0 Å². The van der Waals surface area contributed by atoms with Crippen LogP contribution < -0.4 is 9.47 Å². The summed E-state index contributed by atoms with van der Waals surface area (Å²) in [6, 6.07) is 13.2. The summed E-state index contributed by atoms with van der Waals surface area (Å²) in [5.41, 5.74) is 0.103. The van der Waals surface area contributed by atoms with Crippen LogP contribution in [0.4, 0.5) is 13.2 Å². The highest BCUT2D eigenvalue weighted by molar-refractivity contribution is 5.91. The molecule has 0 atom stereocenters. The summed E-state index contributed by atoms with van der Waals surface area (Å²) < 4.78 is 54.8. The second kappa shape index (κ2) is 9.83. The third-order valence-corrected chi connectivity index (χ3v) is 4.41. The summed E-state index contributed by atoms with van der Waals surface area (Å²) in [6.45, 7) is 5.96. The van der Waals surface area contributed by atoms with Gasteiger partial charge < -0.3 is 9.47 Å². The first-order valence-corrected chi connectivity index (χ1v) is 9.41. The largest absolute Gasteiger partial charge is 0.490 e. The van der Waals surface area contributed by atoms with Gasteiger partial charge in [0, 0.05) is 16.5 Å². The summed E-state index contributed by atoms with van der Waals surface area (Å²) in [5, 5.41) is 0.716. The number of allylic oxidation sites excluding steroid dienone is 1. The molecule has 0 unspecified atom stereocenters. The number of hydrogen-bond acceptors (Lipinski definition) is 2. The van der Waals surface area contributed by atoms with E-state index in [-0.39, 0.29) is 28.9 Å². The van der Waals surface area contributed by atoms with Crippen LogP contribution in [-0.4, -0.2) is 13.2 Å². The molecule has 0 spiro atoms. The fourth-order valence-corrected chi connectivity index (χ4v) is 2.86. The molecule has 3 aromatic carbocycles. The smallest absolute Gasteiger partial charge is 0.172 e. The molecular weight excluding hydrogens is 389 g/mol. The lowest BCUT2D eigenvalue weighted by atomic mass is 10.0. The number of benzene rings is 3. The van der Waals surface area contributed by atoms with E-state index >= 15 is 0 Å². The van der Waals surface area contributed by atoms with Crippen molar-refractivity contribution < 1.29 is 22.6 Å². The molecule has 0 N–H and O–H groups in total. The first kappa shape index (κ1) is 21.2. The van der Waals surface area contributed by atoms with Crippen LogP contribution in [0.25, 0.3) is 22.4 Å². The predicted molar refractivity (Wildman–Crippen MR) is 115 cm³/mol. The Balaban J connectivity index is 1.89. The van der Waals surface area contributed by atoms with Crippen molar-refractivity contribution in [2.45, 2.75) is 6.92 Å². The Morgan fingerprint density at radius 2 is 1.60 bits per heavy atom. The molecule has 3 rings (SSSR count). The van der Waals surface area contributed by atoms with E-state index in [0.29, 0.717) is 17.7 Å². The standard InChI is InChI=1S/C25H21F3O2/c1-3-5-15-30-22-13-9-18-16-19(8-12-21(18)25(22)28)24(27)23(26)17-6-10-20(11-7-17)29-14-4-2/h3-13,16H,2,14-15H2,1H3. The van der Waals surface area contributed by atoms with E-state index in [1.54, 1.807) is 36.4 Å². The number of halogens is 3. The molecule has 0 fully saturated rings. The zero-order valence-corrected chi connectivity index (χ0v) is 16.5. The number of fused-ring (bicyclic) bond motifs is 1. The molecule has 0 aliphatic heterocycles. The second-order valence-corrected chi connectivity index (χ2v) is 6.45. The Labute approximate surface area is 173 Å². The van der Waals surface area contributed by atoms with Crippen molar-refractivity contribution in [3.05, 3.63) is 96.3 Å². The molecule has 0 aliphatic rings. The van der Waals surface area contributed by atoms with E-state index in [9.17, 15) is 13.2 Å². The third kappa shape index (κ3) is 4.74. The Hall–Kier alpha value is -3.47. The van der Waals surface area contributed by atoms with Gasteiger partial charge in [-0.1, -0.05) is 43.0 Å². The molecule has 0 aliphatic carbocycles. The second-order valence-electron chi connectivity index (χ2n) is 6.45. The fraction of sp³-hybridized carbons (Fsp3) is 0.120. The molecule has 0 aromatic heterocycles. The normalized spacial score (nSPS) is 12.1. The summed E-state index contributed by atoms with van der Waals surface area (Å²) >= 11 is 0. The van der Waals surface area contributed by atoms with Crippen molar-refractivity contribution in [3.63, 3.8) is 0 Å². The van der Waals surface area contributed by atoms with Gasteiger partial charge in [0.15, 0.2) is 23.2 Å². The topological polar surface area (TPSA) is 18.5 Å². The minimum Gasteiger partial charge on any atom is -0.490 e. The molecule has 3 aromatic rings. The summed E-state index contributed by atoms with van der Waals surface area (Å²) in [5.74, 6) is -1.93. The van der Waals surface area contributed by atoms with E-state index in [0.717, 1.165) is 0 Å². The minimum atomic E-state index is -1.02. The van der Waals surface area contributed by atoms with Gasteiger partial charge in [0.1, 0.15) is 19.0 Å². The summed E-state index contributed by atoms with van der Waals surface area (Å²) in [7, 11) is 0. The predicted octanol–water partition coefficient (Wildman–Crippen LogP) is 7.26. The van der Waals surface area contributed by atoms with Gasteiger partial charge in [-0.25, -0.2) is 13.2 Å². The SMILES string of the molecule is C=CCOc1ccc(C(F)=C(F)c2ccc3c(F)c(OCC=CC)ccc3c2)cc1. The van der Waals surface area contributed by atoms with Gasteiger partial charge >= 0.3 is 0 Å². The number of hydrogen-bond donors (Lipinski definition) is 0. The molecule has 0 radical (unpaired) electrons. The van der Waals surface area contributed by atoms with Crippen LogP contribution in [0.15, 0.2) is 79.4 Å². The van der Waals surface area contributed by atoms with Crippen LogP contribution in [-0.2, 0) is 0 Å². The molecule has 0 heterocycles. The summed E-state index contributed by atoms with van der Waals surface area (Å²) in [6.07, 6.45) is 5.15. The average Bonchev–Trinajstić information content (AvgIpc) is 2.78. The molecule has 0 saturated heterocycles. The van der Waals surface area contributed by atoms with E-state index in [1.165, 1.54) is 36.4 Å². The van der Waals surface area contributed by atoms with E-state index in [1.807, 2.05) is 6.92 Å².